The molecule has 2 amide bonds. The fourth-order valence-electron chi connectivity index (χ4n) is 4.82. The summed E-state index contributed by atoms with van der Waals surface area (Å²) in [4.78, 5) is 32.7. The Kier molecular flexibility index (Phi) is 9.40. The number of morpholine rings is 1. The number of aromatic nitrogens is 1. The lowest BCUT2D eigenvalue weighted by Gasteiger charge is -2.36. The van der Waals surface area contributed by atoms with Crippen molar-refractivity contribution in [3.8, 4) is 0 Å². The van der Waals surface area contributed by atoms with Gasteiger partial charge in [0.05, 0.1) is 37.1 Å². The van der Waals surface area contributed by atoms with Crippen LogP contribution in [0.5, 0.6) is 0 Å². The summed E-state index contributed by atoms with van der Waals surface area (Å²) in [7, 11) is 0. The van der Waals surface area contributed by atoms with Gasteiger partial charge < -0.3 is 25.4 Å². The van der Waals surface area contributed by atoms with Gasteiger partial charge in [0.1, 0.15) is 11.8 Å². The summed E-state index contributed by atoms with van der Waals surface area (Å²) in [6, 6.07) is 9.64. The zero-order valence-corrected chi connectivity index (χ0v) is 23.1. The fourth-order valence-corrected chi connectivity index (χ4v) is 4.82. The Morgan fingerprint density at radius 1 is 1.15 bits per heavy atom. The number of pyridine rings is 1. The summed E-state index contributed by atoms with van der Waals surface area (Å²) in [5, 5.41) is 3.16. The standard InChI is InChI=1S/C29H40FN5O4/c1-29(2,3)39-28(37)35-11-9-25(24(30)19-35)33-26-17-22(32-18-23(26)27(31)36)16-21-6-4-20(5-7-21)8-10-34-12-14-38-15-13-34/h4-7,17-18,24-25H,8-16,19H2,1-3H3,(H2,31,36)(H,32,33)/t24-,25+/m0/s1. The third-order valence-corrected chi connectivity index (χ3v) is 6.99. The molecule has 2 aromatic rings. The number of hydrogen-bond donors (Lipinski definition) is 2. The molecule has 0 spiro atoms. The number of piperidine rings is 1. The first-order valence-electron chi connectivity index (χ1n) is 13.6. The monoisotopic (exact) mass is 541 g/mol. The highest BCUT2D eigenvalue weighted by Crippen LogP contribution is 2.24. The highest BCUT2D eigenvalue weighted by Gasteiger charge is 2.34. The zero-order chi connectivity index (χ0) is 28.0. The molecule has 10 heteroatoms. The zero-order valence-electron chi connectivity index (χ0n) is 23.1. The molecule has 0 unspecified atom stereocenters. The van der Waals surface area contributed by atoms with Gasteiger partial charge in [-0.05, 0) is 50.8 Å². The number of rotatable bonds is 8. The molecule has 4 rings (SSSR count). The molecule has 39 heavy (non-hydrogen) atoms. The van der Waals surface area contributed by atoms with E-state index in [1.54, 1.807) is 26.8 Å². The minimum Gasteiger partial charge on any atom is -0.444 e. The lowest BCUT2D eigenvalue weighted by molar-refractivity contribution is 0.0125. The van der Waals surface area contributed by atoms with Gasteiger partial charge in [0, 0.05) is 44.5 Å². The van der Waals surface area contributed by atoms with Gasteiger partial charge in [-0.15, -0.1) is 0 Å². The van der Waals surface area contributed by atoms with E-state index >= 15 is 4.39 Å². The molecule has 1 aromatic carbocycles. The molecule has 2 atom stereocenters. The van der Waals surface area contributed by atoms with Crippen molar-refractivity contribution in [3.63, 3.8) is 0 Å². The van der Waals surface area contributed by atoms with Crippen molar-refractivity contribution in [3.05, 3.63) is 58.9 Å². The van der Waals surface area contributed by atoms with Crippen LogP contribution in [0, 0.1) is 0 Å². The second kappa shape index (κ2) is 12.7. The lowest BCUT2D eigenvalue weighted by Crippen LogP contribution is -2.51. The quantitative estimate of drug-likeness (QED) is 0.527. The number of likely N-dealkylation sites (tertiary alicyclic amines) is 1. The summed E-state index contributed by atoms with van der Waals surface area (Å²) in [5.74, 6) is -0.636. The maximum absolute atomic E-state index is 15.1. The largest absolute Gasteiger partial charge is 0.444 e. The van der Waals surface area contributed by atoms with Crippen molar-refractivity contribution in [2.24, 2.45) is 5.73 Å². The molecule has 2 saturated heterocycles. The number of ether oxygens (including phenoxy) is 2. The normalized spacial score (nSPS) is 20.5. The van der Waals surface area contributed by atoms with E-state index < -0.39 is 29.8 Å². The van der Waals surface area contributed by atoms with E-state index in [9.17, 15) is 9.59 Å². The molecule has 2 aliphatic rings. The number of nitrogens with two attached hydrogens (primary N) is 1. The van der Waals surface area contributed by atoms with Crippen LogP contribution in [-0.4, -0.2) is 90.5 Å². The van der Waals surface area contributed by atoms with Crippen LogP contribution in [0.1, 0.15) is 54.4 Å². The summed E-state index contributed by atoms with van der Waals surface area (Å²) in [6.07, 6.45) is 1.49. The number of benzene rings is 1. The van der Waals surface area contributed by atoms with Gasteiger partial charge >= 0.3 is 6.09 Å². The van der Waals surface area contributed by atoms with Crippen molar-refractivity contribution in [2.45, 2.75) is 57.8 Å². The van der Waals surface area contributed by atoms with Crippen LogP contribution in [0.3, 0.4) is 0 Å². The number of alkyl halides is 1. The van der Waals surface area contributed by atoms with Gasteiger partial charge in [-0.2, -0.15) is 0 Å². The topological polar surface area (TPSA) is 110 Å². The van der Waals surface area contributed by atoms with Crippen molar-refractivity contribution in [1.29, 1.82) is 0 Å². The van der Waals surface area contributed by atoms with Crippen LogP contribution >= 0.6 is 0 Å². The second-order valence-electron chi connectivity index (χ2n) is 11.3. The number of primary amides is 1. The van der Waals surface area contributed by atoms with Gasteiger partial charge in [0.25, 0.3) is 5.91 Å². The minimum atomic E-state index is -1.34. The second-order valence-corrected chi connectivity index (χ2v) is 11.3. The average Bonchev–Trinajstić information content (AvgIpc) is 2.89. The molecule has 2 fully saturated rings. The summed E-state index contributed by atoms with van der Waals surface area (Å²) in [6.45, 7) is 10.2. The molecular formula is C29H40FN5O4. The number of nitrogens with one attached hydrogen (secondary N) is 1. The maximum Gasteiger partial charge on any atom is 0.410 e. The Morgan fingerprint density at radius 3 is 2.49 bits per heavy atom. The predicted octanol–water partition coefficient (Wildman–Crippen LogP) is 3.41. The maximum atomic E-state index is 15.1. The molecule has 0 saturated carbocycles. The van der Waals surface area contributed by atoms with Crippen molar-refractivity contribution < 1.29 is 23.5 Å². The Morgan fingerprint density at radius 2 is 1.85 bits per heavy atom. The highest BCUT2D eigenvalue weighted by atomic mass is 19.1. The van der Waals surface area contributed by atoms with Gasteiger partial charge in [-0.1, -0.05) is 24.3 Å². The molecular weight excluding hydrogens is 501 g/mol. The van der Waals surface area contributed by atoms with Gasteiger partial charge in [-0.25, -0.2) is 9.18 Å². The minimum absolute atomic E-state index is 0.0890. The Labute approximate surface area is 229 Å². The molecule has 9 nitrogen and oxygen atoms in total. The van der Waals surface area contributed by atoms with E-state index in [2.05, 4.69) is 39.5 Å². The summed E-state index contributed by atoms with van der Waals surface area (Å²) >= 11 is 0. The van der Waals surface area contributed by atoms with Crippen molar-refractivity contribution >= 4 is 17.7 Å². The molecule has 2 aliphatic heterocycles. The third-order valence-electron chi connectivity index (χ3n) is 6.99. The van der Waals surface area contributed by atoms with E-state index in [4.69, 9.17) is 15.2 Å². The lowest BCUT2D eigenvalue weighted by atomic mass is 10.0. The van der Waals surface area contributed by atoms with Gasteiger partial charge in [-0.3, -0.25) is 14.7 Å². The van der Waals surface area contributed by atoms with Gasteiger partial charge in [0.2, 0.25) is 0 Å². The molecule has 0 aliphatic carbocycles. The number of nitrogens with zero attached hydrogens (tertiary/aromatic N) is 3. The van der Waals surface area contributed by atoms with Crippen LogP contribution in [0.2, 0.25) is 0 Å². The van der Waals surface area contributed by atoms with Crippen LogP contribution < -0.4 is 11.1 Å². The smallest absolute Gasteiger partial charge is 0.410 e. The van der Waals surface area contributed by atoms with E-state index in [-0.39, 0.29) is 12.1 Å². The highest BCUT2D eigenvalue weighted by molar-refractivity contribution is 5.98. The van der Waals surface area contributed by atoms with Crippen LogP contribution in [0.4, 0.5) is 14.9 Å². The molecule has 3 heterocycles. The summed E-state index contributed by atoms with van der Waals surface area (Å²) < 4.78 is 25.9. The molecule has 0 bridgehead atoms. The first-order valence-corrected chi connectivity index (χ1v) is 13.6. The Balaban J connectivity index is 1.37. The SMILES string of the molecule is CC(C)(C)OC(=O)N1CC[C@@H](Nc2cc(Cc3ccc(CCN4CCOCC4)cc3)ncc2C(N)=O)[C@@H](F)C1. The number of hydrogen-bond acceptors (Lipinski definition) is 7. The van der Waals surface area contributed by atoms with E-state index in [1.807, 2.05) is 0 Å². The van der Waals surface area contributed by atoms with E-state index in [1.165, 1.54) is 16.7 Å². The van der Waals surface area contributed by atoms with Crippen LogP contribution in [-0.2, 0) is 22.3 Å². The number of carbonyl (C=O) groups is 2. The first-order chi connectivity index (χ1) is 18.6. The number of halogens is 1. The Hall–Kier alpha value is -3.24. The predicted molar refractivity (Wildman–Crippen MR) is 148 cm³/mol. The van der Waals surface area contributed by atoms with Crippen molar-refractivity contribution in [1.82, 2.24) is 14.8 Å². The van der Waals surface area contributed by atoms with E-state index in [0.717, 1.165) is 50.5 Å². The first kappa shape index (κ1) is 28.8. The molecule has 212 valence electrons. The van der Waals surface area contributed by atoms with Gasteiger partial charge in [0.15, 0.2) is 0 Å². The average molecular weight is 542 g/mol. The molecule has 3 N–H and O–H groups in total. The molecule has 0 radical (unpaired) electrons. The van der Waals surface area contributed by atoms with Crippen LogP contribution in [0.25, 0.3) is 0 Å². The Bertz CT molecular complexity index is 1130. The van der Waals surface area contributed by atoms with Crippen LogP contribution in [0.15, 0.2) is 36.5 Å². The van der Waals surface area contributed by atoms with E-state index in [0.29, 0.717) is 25.1 Å². The van der Waals surface area contributed by atoms with Crippen molar-refractivity contribution in [2.75, 3.05) is 51.3 Å². The summed E-state index contributed by atoms with van der Waals surface area (Å²) in [5.41, 5.74) is 8.70. The molecule has 1 aromatic heterocycles. The number of anilines is 1. The fraction of sp³-hybridized carbons (Fsp3) is 0.552. The third kappa shape index (κ3) is 8.37. The number of carbonyl (C=O) groups excluding carboxylic acids is 2. The number of amides is 2.